The fraction of sp³-hybridized carbons (Fsp3) is 0.278. The Kier molecular flexibility index (Phi) is 6.81. The molecule has 0 saturated heterocycles. The van der Waals surface area contributed by atoms with Gasteiger partial charge in [-0.05, 0) is 42.2 Å². The van der Waals surface area contributed by atoms with Crippen LogP contribution in [0.4, 0.5) is 0 Å². The van der Waals surface area contributed by atoms with Gasteiger partial charge in [0, 0.05) is 17.3 Å². The third-order valence-corrected chi connectivity index (χ3v) is 4.61. The van der Waals surface area contributed by atoms with Gasteiger partial charge in [0.05, 0.1) is 5.75 Å². The minimum atomic E-state index is 0.0839. The Balaban J connectivity index is 1.65. The van der Waals surface area contributed by atoms with E-state index in [9.17, 15) is 4.79 Å². The van der Waals surface area contributed by atoms with Gasteiger partial charge < -0.3 is 5.32 Å². The molecule has 1 amide bonds. The molecule has 0 bridgehead atoms. The maximum atomic E-state index is 11.8. The second-order valence-corrected chi connectivity index (χ2v) is 6.57. The molecule has 116 valence electrons. The highest BCUT2D eigenvalue weighted by atomic mass is 35.5. The minimum absolute atomic E-state index is 0.0839. The van der Waals surface area contributed by atoms with Crippen molar-refractivity contribution in [3.8, 4) is 0 Å². The summed E-state index contributed by atoms with van der Waals surface area (Å²) in [6.45, 7) is 2.78. The lowest BCUT2D eigenvalue weighted by Crippen LogP contribution is -2.27. The van der Waals surface area contributed by atoms with Gasteiger partial charge in [0.15, 0.2) is 0 Å². The molecule has 2 rings (SSSR count). The fourth-order valence-corrected chi connectivity index (χ4v) is 3.18. The number of hydrogen-bond acceptors (Lipinski definition) is 2. The molecule has 2 aromatic carbocycles. The van der Waals surface area contributed by atoms with E-state index < -0.39 is 0 Å². The molecule has 0 unspecified atom stereocenters. The Bertz CT molecular complexity index is 630. The molecule has 0 heterocycles. The number of thioether (sulfide) groups is 1. The van der Waals surface area contributed by atoms with Crippen molar-refractivity contribution in [1.82, 2.24) is 5.32 Å². The third-order valence-electron chi connectivity index (χ3n) is 3.37. The molecule has 22 heavy (non-hydrogen) atoms. The van der Waals surface area contributed by atoms with Crippen molar-refractivity contribution in [1.29, 1.82) is 0 Å². The Morgan fingerprint density at radius 1 is 1.18 bits per heavy atom. The smallest absolute Gasteiger partial charge is 0.230 e. The predicted molar refractivity (Wildman–Crippen MR) is 95.5 cm³/mol. The first kappa shape index (κ1) is 16.9. The van der Waals surface area contributed by atoms with E-state index in [2.05, 4.69) is 24.4 Å². The van der Waals surface area contributed by atoms with Crippen molar-refractivity contribution in [2.75, 3.05) is 12.3 Å². The van der Waals surface area contributed by atoms with Crippen LogP contribution in [0.15, 0.2) is 48.5 Å². The second kappa shape index (κ2) is 8.86. The number of carbonyl (C=O) groups is 1. The van der Waals surface area contributed by atoms with E-state index in [1.165, 1.54) is 11.1 Å². The first-order valence-corrected chi connectivity index (χ1v) is 8.82. The Hall–Kier alpha value is -1.45. The maximum absolute atomic E-state index is 11.8. The van der Waals surface area contributed by atoms with E-state index in [0.29, 0.717) is 12.3 Å². The molecule has 0 spiro atoms. The zero-order valence-electron chi connectivity index (χ0n) is 12.6. The van der Waals surface area contributed by atoms with Crippen LogP contribution >= 0.6 is 23.4 Å². The summed E-state index contributed by atoms with van der Waals surface area (Å²) >= 11 is 7.54. The quantitative estimate of drug-likeness (QED) is 0.821. The molecule has 0 aromatic heterocycles. The van der Waals surface area contributed by atoms with Crippen molar-refractivity contribution in [3.63, 3.8) is 0 Å². The summed E-state index contributed by atoms with van der Waals surface area (Å²) in [6.07, 6.45) is 0.872. The van der Waals surface area contributed by atoms with Gasteiger partial charge in [0.1, 0.15) is 0 Å². The van der Waals surface area contributed by atoms with Crippen molar-refractivity contribution < 1.29 is 4.79 Å². The number of benzene rings is 2. The van der Waals surface area contributed by atoms with Gasteiger partial charge >= 0.3 is 0 Å². The lowest BCUT2D eigenvalue weighted by atomic mass is 10.1. The minimum Gasteiger partial charge on any atom is -0.355 e. The van der Waals surface area contributed by atoms with Crippen LogP contribution in [0.1, 0.15) is 16.7 Å². The fourth-order valence-electron chi connectivity index (χ4n) is 2.17. The van der Waals surface area contributed by atoms with Gasteiger partial charge in [-0.15, -0.1) is 11.8 Å². The van der Waals surface area contributed by atoms with Crippen molar-refractivity contribution in [3.05, 3.63) is 70.2 Å². The largest absolute Gasteiger partial charge is 0.355 e. The standard InChI is InChI=1S/C18H20ClNOS/c1-14-5-2-3-7-16(14)9-10-20-18(21)13-22-12-15-6-4-8-17(19)11-15/h2-8,11H,9-10,12-13H2,1H3,(H,20,21). The monoisotopic (exact) mass is 333 g/mol. The highest BCUT2D eigenvalue weighted by molar-refractivity contribution is 7.99. The molecule has 0 fully saturated rings. The number of halogens is 1. The van der Waals surface area contributed by atoms with Crippen LogP contribution in [-0.2, 0) is 17.0 Å². The molecule has 0 saturated carbocycles. The van der Waals surface area contributed by atoms with Crippen LogP contribution in [0.25, 0.3) is 0 Å². The van der Waals surface area contributed by atoms with Crippen LogP contribution < -0.4 is 5.32 Å². The molecule has 0 aliphatic rings. The zero-order chi connectivity index (χ0) is 15.8. The average molecular weight is 334 g/mol. The van der Waals surface area contributed by atoms with Crippen LogP contribution in [-0.4, -0.2) is 18.2 Å². The van der Waals surface area contributed by atoms with Gasteiger partial charge in [-0.1, -0.05) is 48.0 Å². The highest BCUT2D eigenvalue weighted by Crippen LogP contribution is 2.16. The molecule has 0 radical (unpaired) electrons. The van der Waals surface area contributed by atoms with Crippen molar-refractivity contribution in [2.45, 2.75) is 19.1 Å². The van der Waals surface area contributed by atoms with Crippen molar-refractivity contribution >= 4 is 29.3 Å². The number of aryl methyl sites for hydroxylation is 1. The van der Waals surface area contributed by atoms with E-state index in [1.54, 1.807) is 11.8 Å². The first-order valence-electron chi connectivity index (χ1n) is 7.28. The molecule has 0 aliphatic carbocycles. The Morgan fingerprint density at radius 2 is 2.00 bits per heavy atom. The average Bonchev–Trinajstić information content (AvgIpc) is 2.49. The van der Waals surface area contributed by atoms with E-state index in [0.717, 1.165) is 22.8 Å². The molecular weight excluding hydrogens is 314 g/mol. The van der Waals surface area contributed by atoms with Gasteiger partial charge in [0.25, 0.3) is 0 Å². The summed E-state index contributed by atoms with van der Waals surface area (Å²) in [4.78, 5) is 11.8. The number of amides is 1. The number of hydrogen-bond donors (Lipinski definition) is 1. The maximum Gasteiger partial charge on any atom is 0.230 e. The number of carbonyl (C=O) groups excluding carboxylic acids is 1. The molecule has 2 nitrogen and oxygen atoms in total. The summed E-state index contributed by atoms with van der Waals surface area (Å²) < 4.78 is 0. The van der Waals surface area contributed by atoms with Gasteiger partial charge in [-0.3, -0.25) is 4.79 Å². The summed E-state index contributed by atoms with van der Waals surface area (Å²) in [7, 11) is 0. The first-order chi connectivity index (χ1) is 10.6. The normalized spacial score (nSPS) is 10.5. The summed E-state index contributed by atoms with van der Waals surface area (Å²) in [5.74, 6) is 1.35. The predicted octanol–water partition coefficient (Wildman–Crippen LogP) is 4.24. The van der Waals surface area contributed by atoms with E-state index in [-0.39, 0.29) is 5.91 Å². The molecule has 4 heteroatoms. The van der Waals surface area contributed by atoms with Gasteiger partial charge in [-0.2, -0.15) is 0 Å². The highest BCUT2D eigenvalue weighted by Gasteiger charge is 2.03. The Morgan fingerprint density at radius 3 is 2.77 bits per heavy atom. The second-order valence-electron chi connectivity index (χ2n) is 5.15. The van der Waals surface area contributed by atoms with E-state index >= 15 is 0 Å². The zero-order valence-corrected chi connectivity index (χ0v) is 14.2. The topological polar surface area (TPSA) is 29.1 Å². The van der Waals surface area contributed by atoms with Gasteiger partial charge in [0.2, 0.25) is 5.91 Å². The van der Waals surface area contributed by atoms with Crippen LogP contribution in [0.5, 0.6) is 0 Å². The van der Waals surface area contributed by atoms with Crippen molar-refractivity contribution in [2.24, 2.45) is 0 Å². The molecule has 2 aromatic rings. The van der Waals surface area contributed by atoms with Crippen LogP contribution in [0.2, 0.25) is 5.02 Å². The summed E-state index contributed by atoms with van der Waals surface area (Å²) in [5.41, 5.74) is 3.70. The van der Waals surface area contributed by atoms with E-state index in [4.69, 9.17) is 11.6 Å². The summed E-state index contributed by atoms with van der Waals surface area (Å²) in [5, 5.41) is 3.71. The number of rotatable bonds is 7. The lowest BCUT2D eigenvalue weighted by molar-refractivity contribution is -0.118. The van der Waals surface area contributed by atoms with Gasteiger partial charge in [-0.25, -0.2) is 0 Å². The van der Waals surface area contributed by atoms with E-state index in [1.807, 2.05) is 36.4 Å². The third kappa shape index (κ3) is 5.74. The van der Waals surface area contributed by atoms with Crippen LogP contribution in [0.3, 0.4) is 0 Å². The van der Waals surface area contributed by atoms with Crippen LogP contribution in [0, 0.1) is 6.92 Å². The lowest BCUT2D eigenvalue weighted by Gasteiger charge is -2.07. The number of nitrogens with one attached hydrogen (secondary N) is 1. The molecule has 0 aliphatic heterocycles. The Labute approximate surface area is 141 Å². The molecule has 0 atom stereocenters. The summed E-state index contributed by atoms with van der Waals surface area (Å²) in [6, 6.07) is 16.0. The molecule has 1 N–H and O–H groups in total. The molecular formula is C18H20ClNOS. The SMILES string of the molecule is Cc1ccccc1CCNC(=O)CSCc1cccc(Cl)c1.